The first kappa shape index (κ1) is 19.3. The number of hydrogen-bond donors (Lipinski definition) is 1. The minimum atomic E-state index is -0.529. The Morgan fingerprint density at radius 2 is 2.04 bits per heavy atom. The first-order valence-electron chi connectivity index (χ1n) is 8.81. The number of nitrogens with zero attached hydrogens (tertiary/aromatic N) is 2. The van der Waals surface area contributed by atoms with Gasteiger partial charge in [0.25, 0.3) is 5.69 Å². The number of amides is 2. The van der Waals surface area contributed by atoms with Crippen molar-refractivity contribution >= 4 is 28.9 Å². The summed E-state index contributed by atoms with van der Waals surface area (Å²) in [5, 5.41) is 13.8. The Bertz CT molecular complexity index is 957. The van der Waals surface area contributed by atoms with E-state index in [1.807, 2.05) is 32.0 Å². The second-order valence-corrected chi connectivity index (χ2v) is 6.76. The zero-order valence-electron chi connectivity index (χ0n) is 15.9. The molecule has 8 heteroatoms. The Morgan fingerprint density at radius 3 is 2.71 bits per heavy atom. The maximum atomic E-state index is 12.7. The first-order valence-corrected chi connectivity index (χ1v) is 8.81. The summed E-state index contributed by atoms with van der Waals surface area (Å²) in [5.74, 6) is -0.760. The van der Waals surface area contributed by atoms with Crippen LogP contribution in [0, 0.1) is 29.9 Å². The van der Waals surface area contributed by atoms with Crippen molar-refractivity contribution in [3.05, 3.63) is 57.6 Å². The van der Waals surface area contributed by atoms with Crippen LogP contribution >= 0.6 is 0 Å². The lowest BCUT2D eigenvalue weighted by molar-refractivity contribution is -0.384. The van der Waals surface area contributed by atoms with Crippen molar-refractivity contribution in [2.24, 2.45) is 5.92 Å². The maximum absolute atomic E-state index is 12.7. The molecule has 2 amide bonds. The number of benzene rings is 2. The van der Waals surface area contributed by atoms with Gasteiger partial charge in [-0.1, -0.05) is 12.1 Å². The molecule has 1 N–H and O–H groups in total. The van der Waals surface area contributed by atoms with Crippen LogP contribution in [0.3, 0.4) is 0 Å². The SMILES string of the molecule is COc1cc([N+](=O)[O-])ccc1N1C[C@H](C(=O)Nc2cccc(C)c2C)CC1=O. The fourth-order valence-corrected chi connectivity index (χ4v) is 3.24. The van der Waals surface area contributed by atoms with Gasteiger partial charge in [0.2, 0.25) is 11.8 Å². The highest BCUT2D eigenvalue weighted by atomic mass is 16.6. The molecule has 0 unspecified atom stereocenters. The summed E-state index contributed by atoms with van der Waals surface area (Å²) in [6, 6.07) is 9.72. The van der Waals surface area contributed by atoms with E-state index < -0.39 is 10.8 Å². The van der Waals surface area contributed by atoms with Gasteiger partial charge < -0.3 is 15.0 Å². The van der Waals surface area contributed by atoms with Crippen molar-refractivity contribution in [3.63, 3.8) is 0 Å². The third kappa shape index (κ3) is 3.66. The molecule has 1 fully saturated rings. The number of nitro groups is 1. The number of nitrogens with one attached hydrogen (secondary N) is 1. The molecule has 0 bridgehead atoms. The van der Waals surface area contributed by atoms with Crippen molar-refractivity contribution in [2.75, 3.05) is 23.9 Å². The second-order valence-electron chi connectivity index (χ2n) is 6.76. The van der Waals surface area contributed by atoms with Gasteiger partial charge in [-0.25, -0.2) is 0 Å². The van der Waals surface area contributed by atoms with Crippen LogP contribution in [-0.2, 0) is 9.59 Å². The zero-order valence-corrected chi connectivity index (χ0v) is 15.9. The number of carbonyl (C=O) groups excluding carboxylic acids is 2. The van der Waals surface area contributed by atoms with Crippen LogP contribution in [-0.4, -0.2) is 30.4 Å². The van der Waals surface area contributed by atoms with Gasteiger partial charge in [0.1, 0.15) is 5.75 Å². The fourth-order valence-electron chi connectivity index (χ4n) is 3.24. The summed E-state index contributed by atoms with van der Waals surface area (Å²) in [7, 11) is 1.38. The van der Waals surface area contributed by atoms with Crippen LogP contribution in [0.1, 0.15) is 17.5 Å². The maximum Gasteiger partial charge on any atom is 0.273 e. The summed E-state index contributed by atoms with van der Waals surface area (Å²) in [6.07, 6.45) is 0.0663. The molecule has 1 heterocycles. The van der Waals surface area contributed by atoms with Gasteiger partial charge in [-0.2, -0.15) is 0 Å². The van der Waals surface area contributed by atoms with E-state index in [-0.39, 0.29) is 36.2 Å². The average Bonchev–Trinajstić information content (AvgIpc) is 3.06. The van der Waals surface area contributed by atoms with Crippen molar-refractivity contribution in [1.29, 1.82) is 0 Å². The highest BCUT2D eigenvalue weighted by molar-refractivity contribution is 6.04. The lowest BCUT2D eigenvalue weighted by atomic mass is 10.1. The van der Waals surface area contributed by atoms with Crippen LogP contribution in [0.15, 0.2) is 36.4 Å². The Balaban J connectivity index is 1.79. The molecule has 0 spiro atoms. The second kappa shape index (κ2) is 7.67. The third-order valence-corrected chi connectivity index (χ3v) is 5.02. The molecular weight excluding hydrogens is 362 g/mol. The first-order chi connectivity index (χ1) is 13.3. The summed E-state index contributed by atoms with van der Waals surface area (Å²) in [4.78, 5) is 37.1. The van der Waals surface area contributed by atoms with Crippen molar-refractivity contribution < 1.29 is 19.2 Å². The zero-order chi connectivity index (χ0) is 20.4. The predicted molar refractivity (Wildman–Crippen MR) is 105 cm³/mol. The number of ether oxygens (including phenoxy) is 1. The van der Waals surface area contributed by atoms with E-state index >= 15 is 0 Å². The number of hydrogen-bond acceptors (Lipinski definition) is 5. The molecule has 0 aromatic heterocycles. The molecule has 8 nitrogen and oxygen atoms in total. The molecule has 0 saturated carbocycles. The number of nitro benzene ring substituents is 1. The van der Waals surface area contributed by atoms with E-state index in [1.165, 1.54) is 30.2 Å². The Kier molecular flexibility index (Phi) is 5.30. The lowest BCUT2D eigenvalue weighted by Gasteiger charge is -2.19. The molecule has 2 aromatic rings. The minimum absolute atomic E-state index is 0.0663. The number of rotatable bonds is 5. The standard InChI is InChI=1S/C20H21N3O5/c1-12-5-4-6-16(13(12)2)21-20(25)14-9-19(24)22(11-14)17-8-7-15(23(26)27)10-18(17)28-3/h4-8,10,14H,9,11H2,1-3H3,(H,21,25)/t14-/m1/s1. The molecule has 1 atom stereocenters. The highest BCUT2D eigenvalue weighted by Gasteiger charge is 2.36. The van der Waals surface area contributed by atoms with Crippen LogP contribution in [0.25, 0.3) is 0 Å². The van der Waals surface area contributed by atoms with E-state index in [0.717, 1.165) is 16.8 Å². The predicted octanol–water partition coefficient (Wildman–Crippen LogP) is 3.21. The molecule has 0 aliphatic carbocycles. The van der Waals surface area contributed by atoms with E-state index in [1.54, 1.807) is 0 Å². The van der Waals surface area contributed by atoms with Crippen LogP contribution in [0.4, 0.5) is 17.1 Å². The molecule has 0 radical (unpaired) electrons. The third-order valence-electron chi connectivity index (χ3n) is 5.02. The van der Waals surface area contributed by atoms with Gasteiger partial charge in [0, 0.05) is 24.7 Å². The van der Waals surface area contributed by atoms with Crippen molar-refractivity contribution in [3.8, 4) is 5.75 Å². The smallest absolute Gasteiger partial charge is 0.273 e. The Morgan fingerprint density at radius 1 is 1.29 bits per heavy atom. The number of non-ortho nitro benzene ring substituents is 1. The van der Waals surface area contributed by atoms with E-state index in [9.17, 15) is 19.7 Å². The van der Waals surface area contributed by atoms with Gasteiger partial charge in [-0.05, 0) is 37.1 Å². The van der Waals surface area contributed by atoms with Crippen molar-refractivity contribution in [2.45, 2.75) is 20.3 Å². The average molecular weight is 383 g/mol. The normalized spacial score (nSPS) is 16.2. The Hall–Kier alpha value is -3.42. The Labute approximate surface area is 162 Å². The van der Waals surface area contributed by atoms with Crippen LogP contribution < -0.4 is 15.0 Å². The molecule has 1 saturated heterocycles. The number of aryl methyl sites for hydroxylation is 1. The highest BCUT2D eigenvalue weighted by Crippen LogP contribution is 2.36. The van der Waals surface area contributed by atoms with E-state index in [0.29, 0.717) is 5.69 Å². The monoisotopic (exact) mass is 383 g/mol. The quantitative estimate of drug-likeness (QED) is 0.631. The lowest BCUT2D eigenvalue weighted by Crippen LogP contribution is -2.28. The molecule has 146 valence electrons. The number of carbonyl (C=O) groups is 2. The molecule has 28 heavy (non-hydrogen) atoms. The summed E-state index contributed by atoms with van der Waals surface area (Å²) < 4.78 is 5.22. The summed E-state index contributed by atoms with van der Waals surface area (Å²) in [5.41, 5.74) is 3.06. The van der Waals surface area contributed by atoms with E-state index in [2.05, 4.69) is 5.32 Å². The molecule has 3 rings (SSSR count). The topological polar surface area (TPSA) is 102 Å². The van der Waals surface area contributed by atoms with Gasteiger partial charge in [0.05, 0.1) is 29.7 Å². The van der Waals surface area contributed by atoms with Gasteiger partial charge in [0.15, 0.2) is 0 Å². The molecular formula is C20H21N3O5. The van der Waals surface area contributed by atoms with Crippen LogP contribution in [0.5, 0.6) is 5.75 Å². The van der Waals surface area contributed by atoms with Crippen molar-refractivity contribution in [1.82, 2.24) is 0 Å². The molecule has 2 aromatic carbocycles. The largest absolute Gasteiger partial charge is 0.494 e. The number of anilines is 2. The molecule has 1 aliphatic heterocycles. The van der Waals surface area contributed by atoms with Gasteiger partial charge in [-0.3, -0.25) is 19.7 Å². The summed E-state index contributed by atoms with van der Waals surface area (Å²) in [6.45, 7) is 4.08. The van der Waals surface area contributed by atoms with Gasteiger partial charge in [-0.15, -0.1) is 0 Å². The number of methoxy groups -OCH3 is 1. The minimum Gasteiger partial charge on any atom is -0.494 e. The molecule has 1 aliphatic rings. The van der Waals surface area contributed by atoms with Gasteiger partial charge >= 0.3 is 0 Å². The van der Waals surface area contributed by atoms with E-state index in [4.69, 9.17) is 4.74 Å². The van der Waals surface area contributed by atoms with Crippen LogP contribution in [0.2, 0.25) is 0 Å². The summed E-state index contributed by atoms with van der Waals surface area (Å²) >= 11 is 0. The fraction of sp³-hybridized carbons (Fsp3) is 0.300.